The van der Waals surface area contributed by atoms with Crippen LogP contribution in [0, 0.1) is 0 Å². The molecule has 0 aliphatic heterocycles. The summed E-state index contributed by atoms with van der Waals surface area (Å²) in [6, 6.07) is 9.81. The molecule has 0 unspecified atom stereocenters. The first-order chi connectivity index (χ1) is 6.77. The standard InChI is InChI=1S/C9H9N3OS/c1-12-8(13)10-11-9(12)14-7-5-3-2-4-6-7/h2-6H,1H3,(H,10,13). The lowest BCUT2D eigenvalue weighted by atomic mass is 10.4. The Balaban J connectivity index is 2.28. The van der Waals surface area contributed by atoms with E-state index in [2.05, 4.69) is 10.2 Å². The summed E-state index contributed by atoms with van der Waals surface area (Å²) in [5.41, 5.74) is -0.191. The smallest absolute Gasteiger partial charge is 0.273 e. The summed E-state index contributed by atoms with van der Waals surface area (Å²) in [5, 5.41) is 6.96. The molecular formula is C9H9N3OS. The van der Waals surface area contributed by atoms with Crippen molar-refractivity contribution in [2.45, 2.75) is 10.1 Å². The van der Waals surface area contributed by atoms with Gasteiger partial charge in [0, 0.05) is 11.9 Å². The highest BCUT2D eigenvalue weighted by Crippen LogP contribution is 2.23. The van der Waals surface area contributed by atoms with Crippen molar-refractivity contribution in [1.82, 2.24) is 14.8 Å². The third kappa shape index (κ3) is 1.72. The van der Waals surface area contributed by atoms with E-state index >= 15 is 0 Å². The molecule has 2 aromatic rings. The molecule has 0 amide bonds. The molecule has 1 N–H and O–H groups in total. The molecule has 0 radical (unpaired) electrons. The fourth-order valence-corrected chi connectivity index (χ4v) is 1.83. The summed E-state index contributed by atoms with van der Waals surface area (Å²) in [6.07, 6.45) is 0. The van der Waals surface area contributed by atoms with E-state index in [1.807, 2.05) is 30.3 Å². The van der Waals surface area contributed by atoms with Crippen LogP contribution in [0.1, 0.15) is 0 Å². The first-order valence-corrected chi connectivity index (χ1v) is 4.93. The fraction of sp³-hybridized carbons (Fsp3) is 0.111. The highest BCUT2D eigenvalue weighted by atomic mass is 32.2. The van der Waals surface area contributed by atoms with E-state index in [1.165, 1.54) is 16.3 Å². The van der Waals surface area contributed by atoms with Gasteiger partial charge in [0.15, 0.2) is 5.16 Å². The fourth-order valence-electron chi connectivity index (χ4n) is 1.02. The predicted octanol–water partition coefficient (Wildman–Crippen LogP) is 1.26. The number of hydrogen-bond acceptors (Lipinski definition) is 3. The largest absolute Gasteiger partial charge is 0.343 e. The molecule has 0 aliphatic rings. The highest BCUT2D eigenvalue weighted by molar-refractivity contribution is 7.99. The van der Waals surface area contributed by atoms with E-state index in [9.17, 15) is 4.79 Å². The Labute approximate surface area is 85.0 Å². The van der Waals surface area contributed by atoms with Crippen LogP contribution in [0.25, 0.3) is 0 Å². The molecule has 1 aromatic carbocycles. The summed E-state index contributed by atoms with van der Waals surface area (Å²) >= 11 is 1.46. The van der Waals surface area contributed by atoms with Crippen LogP contribution in [0.2, 0.25) is 0 Å². The molecule has 0 saturated heterocycles. The van der Waals surface area contributed by atoms with Gasteiger partial charge in [-0.15, -0.1) is 5.10 Å². The van der Waals surface area contributed by atoms with Crippen LogP contribution in [0.15, 0.2) is 45.2 Å². The van der Waals surface area contributed by atoms with Gasteiger partial charge in [0.05, 0.1) is 0 Å². The monoisotopic (exact) mass is 207 g/mol. The van der Waals surface area contributed by atoms with Crippen LogP contribution in [0.5, 0.6) is 0 Å². The van der Waals surface area contributed by atoms with Gasteiger partial charge >= 0.3 is 5.69 Å². The van der Waals surface area contributed by atoms with Crippen LogP contribution in [0.3, 0.4) is 0 Å². The zero-order chi connectivity index (χ0) is 9.97. The van der Waals surface area contributed by atoms with Crippen molar-refractivity contribution in [2.24, 2.45) is 7.05 Å². The van der Waals surface area contributed by atoms with Crippen LogP contribution in [-0.2, 0) is 7.05 Å². The second kappa shape index (κ2) is 3.71. The molecular weight excluding hydrogens is 198 g/mol. The lowest BCUT2D eigenvalue weighted by Crippen LogP contribution is -2.12. The highest BCUT2D eigenvalue weighted by Gasteiger charge is 2.04. The Morgan fingerprint density at radius 1 is 1.36 bits per heavy atom. The quantitative estimate of drug-likeness (QED) is 0.806. The SMILES string of the molecule is Cn1c(Sc2ccccc2)n[nH]c1=O. The lowest BCUT2D eigenvalue weighted by molar-refractivity contribution is 0.766. The van der Waals surface area contributed by atoms with Crippen LogP contribution in [-0.4, -0.2) is 14.8 Å². The van der Waals surface area contributed by atoms with Crippen molar-refractivity contribution in [3.8, 4) is 0 Å². The zero-order valence-electron chi connectivity index (χ0n) is 7.60. The van der Waals surface area contributed by atoms with Crippen LogP contribution in [0.4, 0.5) is 0 Å². The minimum atomic E-state index is -0.191. The van der Waals surface area contributed by atoms with E-state index in [0.717, 1.165) is 4.90 Å². The van der Waals surface area contributed by atoms with Gasteiger partial charge in [-0.3, -0.25) is 4.57 Å². The summed E-state index contributed by atoms with van der Waals surface area (Å²) in [6.45, 7) is 0. The number of nitrogens with one attached hydrogen (secondary N) is 1. The number of hydrogen-bond donors (Lipinski definition) is 1. The number of benzene rings is 1. The van der Waals surface area contributed by atoms with Crippen LogP contribution < -0.4 is 5.69 Å². The number of aromatic nitrogens is 3. The van der Waals surface area contributed by atoms with E-state index in [4.69, 9.17) is 0 Å². The normalized spacial score (nSPS) is 10.4. The molecule has 14 heavy (non-hydrogen) atoms. The minimum Gasteiger partial charge on any atom is -0.273 e. The van der Waals surface area contributed by atoms with Gasteiger partial charge in [-0.1, -0.05) is 18.2 Å². The molecule has 72 valence electrons. The molecule has 0 bridgehead atoms. The van der Waals surface area contributed by atoms with Crippen LogP contribution >= 0.6 is 11.8 Å². The lowest BCUT2D eigenvalue weighted by Gasteiger charge is -1.98. The number of rotatable bonds is 2. The second-order valence-corrected chi connectivity index (χ2v) is 3.83. The molecule has 5 heteroatoms. The Hall–Kier alpha value is -1.49. The summed E-state index contributed by atoms with van der Waals surface area (Å²) in [5.74, 6) is 0. The summed E-state index contributed by atoms with van der Waals surface area (Å²) in [7, 11) is 1.69. The third-order valence-corrected chi connectivity index (χ3v) is 2.85. The average molecular weight is 207 g/mol. The molecule has 0 fully saturated rings. The zero-order valence-corrected chi connectivity index (χ0v) is 8.41. The molecule has 2 rings (SSSR count). The molecule has 4 nitrogen and oxygen atoms in total. The predicted molar refractivity (Wildman–Crippen MR) is 54.4 cm³/mol. The van der Waals surface area contributed by atoms with Crippen molar-refractivity contribution in [3.63, 3.8) is 0 Å². The van der Waals surface area contributed by atoms with Crippen molar-refractivity contribution in [2.75, 3.05) is 0 Å². The van der Waals surface area contributed by atoms with E-state index in [-0.39, 0.29) is 5.69 Å². The Bertz CT molecular complexity index is 474. The Morgan fingerprint density at radius 2 is 2.07 bits per heavy atom. The van der Waals surface area contributed by atoms with Crippen molar-refractivity contribution in [3.05, 3.63) is 40.8 Å². The summed E-state index contributed by atoms with van der Waals surface area (Å²) in [4.78, 5) is 12.1. The van der Waals surface area contributed by atoms with Gasteiger partial charge in [0.1, 0.15) is 0 Å². The first kappa shape index (κ1) is 9.08. The Kier molecular flexibility index (Phi) is 2.41. The topological polar surface area (TPSA) is 50.7 Å². The number of nitrogens with zero attached hydrogens (tertiary/aromatic N) is 2. The maximum Gasteiger partial charge on any atom is 0.343 e. The van der Waals surface area contributed by atoms with Gasteiger partial charge in [0.25, 0.3) is 0 Å². The number of H-pyrrole nitrogens is 1. The summed E-state index contributed by atoms with van der Waals surface area (Å²) < 4.78 is 1.48. The average Bonchev–Trinajstić information content (AvgIpc) is 2.52. The van der Waals surface area contributed by atoms with Gasteiger partial charge in [-0.25, -0.2) is 9.89 Å². The molecule has 0 spiro atoms. The maximum absolute atomic E-state index is 11.1. The van der Waals surface area contributed by atoms with Crippen molar-refractivity contribution < 1.29 is 0 Å². The van der Waals surface area contributed by atoms with Gasteiger partial charge in [-0.05, 0) is 23.9 Å². The maximum atomic E-state index is 11.1. The van der Waals surface area contributed by atoms with Gasteiger partial charge in [0.2, 0.25) is 0 Å². The van der Waals surface area contributed by atoms with Crippen molar-refractivity contribution >= 4 is 11.8 Å². The van der Waals surface area contributed by atoms with E-state index < -0.39 is 0 Å². The molecule has 0 saturated carbocycles. The molecule has 0 atom stereocenters. The minimum absolute atomic E-state index is 0.191. The van der Waals surface area contributed by atoms with E-state index in [1.54, 1.807) is 7.05 Å². The molecule has 0 aliphatic carbocycles. The molecule has 1 heterocycles. The van der Waals surface area contributed by atoms with Gasteiger partial charge < -0.3 is 0 Å². The third-order valence-electron chi connectivity index (χ3n) is 1.79. The second-order valence-electron chi connectivity index (χ2n) is 2.79. The first-order valence-electron chi connectivity index (χ1n) is 4.11. The Morgan fingerprint density at radius 3 is 2.64 bits per heavy atom. The molecule has 1 aromatic heterocycles. The van der Waals surface area contributed by atoms with Gasteiger partial charge in [-0.2, -0.15) is 0 Å². The van der Waals surface area contributed by atoms with E-state index in [0.29, 0.717) is 5.16 Å². The number of aromatic amines is 1. The van der Waals surface area contributed by atoms with Crippen molar-refractivity contribution in [1.29, 1.82) is 0 Å².